The van der Waals surface area contributed by atoms with E-state index in [0.29, 0.717) is 11.1 Å². The van der Waals surface area contributed by atoms with E-state index in [4.69, 9.17) is 4.42 Å². The van der Waals surface area contributed by atoms with Gasteiger partial charge >= 0.3 is 0 Å². The van der Waals surface area contributed by atoms with Crippen LogP contribution in [0.5, 0.6) is 0 Å². The summed E-state index contributed by atoms with van der Waals surface area (Å²) >= 11 is 0. The van der Waals surface area contributed by atoms with E-state index in [0.717, 1.165) is 30.7 Å². The van der Waals surface area contributed by atoms with Gasteiger partial charge in [-0.3, -0.25) is 14.9 Å². The summed E-state index contributed by atoms with van der Waals surface area (Å²) < 4.78 is 5.48. The van der Waals surface area contributed by atoms with Crippen molar-refractivity contribution in [3.8, 4) is 0 Å². The average Bonchev–Trinajstić information content (AvgIpc) is 3.06. The van der Waals surface area contributed by atoms with Crippen molar-refractivity contribution in [1.29, 1.82) is 0 Å². The van der Waals surface area contributed by atoms with Crippen molar-refractivity contribution in [2.75, 3.05) is 5.32 Å². The van der Waals surface area contributed by atoms with Crippen LogP contribution >= 0.6 is 0 Å². The van der Waals surface area contributed by atoms with Gasteiger partial charge in [0.25, 0.3) is 11.8 Å². The maximum absolute atomic E-state index is 11.7. The van der Waals surface area contributed by atoms with E-state index in [-0.39, 0.29) is 17.9 Å². The summed E-state index contributed by atoms with van der Waals surface area (Å²) in [5.41, 5.74) is 2.91. The number of fused-ring (bicyclic) bond motifs is 2. The summed E-state index contributed by atoms with van der Waals surface area (Å²) in [5.74, 6) is 0.385. The maximum Gasteiger partial charge on any atom is 0.259 e. The molecular formula is C16H14N2O3. The fourth-order valence-corrected chi connectivity index (χ4v) is 3.10. The number of benzene rings is 1. The van der Waals surface area contributed by atoms with Crippen LogP contribution < -0.4 is 10.6 Å². The van der Waals surface area contributed by atoms with Gasteiger partial charge < -0.3 is 9.73 Å². The normalized spacial score (nSPS) is 19.9. The Morgan fingerprint density at radius 2 is 2.00 bits per heavy atom. The number of rotatable bonds is 2. The molecule has 1 aromatic carbocycles. The molecule has 2 aliphatic rings. The third-order valence-corrected chi connectivity index (χ3v) is 4.13. The Bertz CT molecular complexity index is 748. The monoisotopic (exact) mass is 282 g/mol. The lowest BCUT2D eigenvalue weighted by Gasteiger charge is -2.24. The number of imide groups is 1. The molecule has 0 radical (unpaired) electrons. The van der Waals surface area contributed by atoms with E-state index >= 15 is 0 Å². The molecule has 0 spiro atoms. The van der Waals surface area contributed by atoms with Crippen molar-refractivity contribution >= 4 is 17.5 Å². The van der Waals surface area contributed by atoms with Gasteiger partial charge in [0, 0.05) is 17.7 Å². The van der Waals surface area contributed by atoms with E-state index in [1.54, 1.807) is 18.4 Å². The molecule has 5 nitrogen and oxygen atoms in total. The molecule has 1 unspecified atom stereocenters. The lowest BCUT2D eigenvalue weighted by atomic mass is 9.93. The third kappa shape index (κ3) is 1.93. The highest BCUT2D eigenvalue weighted by molar-refractivity contribution is 6.21. The molecule has 0 saturated carbocycles. The Labute approximate surface area is 121 Å². The Kier molecular flexibility index (Phi) is 2.60. The molecule has 2 N–H and O–H groups in total. The predicted octanol–water partition coefficient (Wildman–Crippen LogP) is 2.65. The fraction of sp³-hybridized carbons (Fsp3) is 0.250. The quantitative estimate of drug-likeness (QED) is 0.831. The molecule has 2 heterocycles. The number of carbonyl (C=O) groups is 2. The van der Waals surface area contributed by atoms with Gasteiger partial charge in [-0.05, 0) is 37.1 Å². The molecule has 106 valence electrons. The molecule has 2 aromatic rings. The summed E-state index contributed by atoms with van der Waals surface area (Å²) in [6.45, 7) is 0. The fourth-order valence-electron chi connectivity index (χ4n) is 3.10. The first-order valence-electron chi connectivity index (χ1n) is 7.05. The van der Waals surface area contributed by atoms with Crippen LogP contribution in [0.2, 0.25) is 0 Å². The highest BCUT2D eigenvalue weighted by Crippen LogP contribution is 2.33. The van der Waals surface area contributed by atoms with Crippen LogP contribution in [0.15, 0.2) is 34.9 Å². The van der Waals surface area contributed by atoms with E-state index in [1.165, 1.54) is 5.56 Å². The first-order valence-corrected chi connectivity index (χ1v) is 7.05. The smallest absolute Gasteiger partial charge is 0.259 e. The Morgan fingerprint density at radius 1 is 1.14 bits per heavy atom. The van der Waals surface area contributed by atoms with Gasteiger partial charge in [-0.1, -0.05) is 0 Å². The van der Waals surface area contributed by atoms with Crippen LogP contribution in [0, 0.1) is 0 Å². The summed E-state index contributed by atoms with van der Waals surface area (Å²) in [7, 11) is 0. The number of carbonyl (C=O) groups excluding carboxylic acids is 2. The van der Waals surface area contributed by atoms with Crippen molar-refractivity contribution in [3.63, 3.8) is 0 Å². The van der Waals surface area contributed by atoms with Crippen LogP contribution in [0.4, 0.5) is 5.69 Å². The first kappa shape index (κ1) is 12.2. The second-order valence-electron chi connectivity index (χ2n) is 5.43. The SMILES string of the molecule is O=C1NC(=O)c2cc(NC3CCCc4occc43)ccc21. The zero-order chi connectivity index (χ0) is 14.4. The molecule has 1 aliphatic heterocycles. The maximum atomic E-state index is 11.7. The van der Waals surface area contributed by atoms with Gasteiger partial charge in [0.1, 0.15) is 5.76 Å². The minimum absolute atomic E-state index is 0.186. The molecule has 2 amide bonds. The van der Waals surface area contributed by atoms with Crippen LogP contribution in [0.1, 0.15) is 50.9 Å². The number of furan rings is 1. The largest absolute Gasteiger partial charge is 0.469 e. The standard InChI is InChI=1S/C16H14N2O3/c19-15-10-5-4-9(8-12(10)16(20)18-15)17-13-2-1-3-14-11(13)6-7-21-14/h4-8,13,17H,1-3H2,(H,18,19,20). The second kappa shape index (κ2) is 4.48. The number of aryl methyl sites for hydroxylation is 1. The van der Waals surface area contributed by atoms with Gasteiger partial charge in [-0.25, -0.2) is 0 Å². The van der Waals surface area contributed by atoms with Gasteiger partial charge in [0.05, 0.1) is 23.4 Å². The minimum atomic E-state index is -0.328. The van der Waals surface area contributed by atoms with Crippen molar-refractivity contribution < 1.29 is 14.0 Å². The summed E-state index contributed by atoms with van der Waals surface area (Å²) in [5, 5.41) is 5.74. The van der Waals surface area contributed by atoms with Gasteiger partial charge in [0.15, 0.2) is 0 Å². The number of hydrogen-bond acceptors (Lipinski definition) is 4. The van der Waals surface area contributed by atoms with E-state index in [2.05, 4.69) is 10.6 Å². The molecule has 1 atom stereocenters. The van der Waals surface area contributed by atoms with E-state index < -0.39 is 0 Å². The second-order valence-corrected chi connectivity index (χ2v) is 5.43. The highest BCUT2D eigenvalue weighted by Gasteiger charge is 2.28. The lowest BCUT2D eigenvalue weighted by molar-refractivity contribution is 0.0879. The van der Waals surface area contributed by atoms with Crippen LogP contribution in [0.3, 0.4) is 0 Å². The van der Waals surface area contributed by atoms with Gasteiger partial charge in [-0.2, -0.15) is 0 Å². The van der Waals surface area contributed by atoms with Crippen molar-refractivity contribution in [3.05, 3.63) is 53.0 Å². The zero-order valence-electron chi connectivity index (χ0n) is 11.3. The molecule has 0 fully saturated rings. The average molecular weight is 282 g/mol. The minimum Gasteiger partial charge on any atom is -0.469 e. The molecule has 1 aromatic heterocycles. The third-order valence-electron chi connectivity index (χ3n) is 4.13. The predicted molar refractivity (Wildman–Crippen MR) is 76.2 cm³/mol. The first-order chi connectivity index (χ1) is 10.2. The van der Waals surface area contributed by atoms with Crippen molar-refractivity contribution in [2.45, 2.75) is 25.3 Å². The Morgan fingerprint density at radius 3 is 2.90 bits per heavy atom. The van der Waals surface area contributed by atoms with Crippen molar-refractivity contribution in [1.82, 2.24) is 5.32 Å². The molecule has 0 saturated heterocycles. The number of amides is 2. The summed E-state index contributed by atoms with van der Waals surface area (Å²) in [4.78, 5) is 23.2. The molecule has 0 bridgehead atoms. The lowest BCUT2D eigenvalue weighted by Crippen LogP contribution is -2.19. The molecule has 4 rings (SSSR count). The molecule has 21 heavy (non-hydrogen) atoms. The zero-order valence-corrected chi connectivity index (χ0v) is 11.3. The molecule has 1 aliphatic carbocycles. The van der Waals surface area contributed by atoms with E-state index in [1.807, 2.05) is 12.1 Å². The molecule has 5 heteroatoms. The van der Waals surface area contributed by atoms with Crippen LogP contribution in [0.25, 0.3) is 0 Å². The Balaban J connectivity index is 1.64. The number of hydrogen-bond donors (Lipinski definition) is 2. The Hall–Kier alpha value is -2.56. The number of nitrogens with one attached hydrogen (secondary N) is 2. The van der Waals surface area contributed by atoms with E-state index in [9.17, 15) is 9.59 Å². The van der Waals surface area contributed by atoms with Crippen LogP contribution in [-0.4, -0.2) is 11.8 Å². The van der Waals surface area contributed by atoms with Crippen LogP contribution in [-0.2, 0) is 6.42 Å². The number of anilines is 1. The summed E-state index contributed by atoms with van der Waals surface area (Å²) in [6.07, 6.45) is 4.79. The van der Waals surface area contributed by atoms with Gasteiger partial charge in [-0.15, -0.1) is 0 Å². The highest BCUT2D eigenvalue weighted by atomic mass is 16.3. The summed E-state index contributed by atoms with van der Waals surface area (Å²) in [6, 6.07) is 7.45. The molecular weight excluding hydrogens is 268 g/mol. The topological polar surface area (TPSA) is 71.3 Å². The van der Waals surface area contributed by atoms with Gasteiger partial charge in [0.2, 0.25) is 0 Å². The van der Waals surface area contributed by atoms with Crippen molar-refractivity contribution in [2.24, 2.45) is 0 Å².